The van der Waals surface area contributed by atoms with E-state index in [2.05, 4.69) is 75.4 Å². The Kier molecular flexibility index (Phi) is 9.32. The highest BCUT2D eigenvalue weighted by Crippen LogP contribution is 2.66. The zero-order valence-electron chi connectivity index (χ0n) is 20.1. The van der Waals surface area contributed by atoms with E-state index < -0.39 is 54.6 Å². The number of rotatable bonds is 8. The fourth-order valence-corrected chi connectivity index (χ4v) is 16.8. The van der Waals surface area contributed by atoms with Crippen LogP contribution in [0, 0.1) is 23.2 Å². The van der Waals surface area contributed by atoms with Crippen LogP contribution in [0.3, 0.4) is 0 Å². The molecule has 1 atom stereocenters. The van der Waals surface area contributed by atoms with Crippen molar-refractivity contribution in [3.63, 3.8) is 0 Å². The first-order chi connectivity index (χ1) is 13.2. The van der Waals surface area contributed by atoms with E-state index in [1.165, 1.54) is 6.08 Å². The predicted molar refractivity (Wildman–Crippen MR) is 127 cm³/mol. The van der Waals surface area contributed by atoms with Crippen molar-refractivity contribution in [1.29, 1.82) is 0 Å². The van der Waals surface area contributed by atoms with Gasteiger partial charge in [0, 0.05) is 16.5 Å². The van der Waals surface area contributed by atoms with Crippen molar-refractivity contribution in [2.75, 3.05) is 0 Å². The molecule has 0 spiro atoms. The van der Waals surface area contributed by atoms with Crippen LogP contribution in [0.25, 0.3) is 0 Å². The minimum absolute atomic E-state index is 0.0821. The summed E-state index contributed by atoms with van der Waals surface area (Å²) in [5.74, 6) is -0.0264. The maximum atomic E-state index is 12.6. The van der Waals surface area contributed by atoms with Gasteiger partial charge in [-0.15, -0.1) is 0 Å². The van der Waals surface area contributed by atoms with Crippen LogP contribution in [0.15, 0.2) is 12.7 Å². The van der Waals surface area contributed by atoms with E-state index in [0.717, 1.165) is 0 Å². The second-order valence-electron chi connectivity index (χ2n) is 9.71. The summed E-state index contributed by atoms with van der Waals surface area (Å²) in [6.07, 6.45) is 1.27. The summed E-state index contributed by atoms with van der Waals surface area (Å²) in [6, 6.07) is 0. The summed E-state index contributed by atoms with van der Waals surface area (Å²) in [7, 11) is -5.98. The van der Waals surface area contributed by atoms with Gasteiger partial charge in [-0.2, -0.15) is 0 Å². The maximum absolute atomic E-state index is 12.6. The Morgan fingerprint density at radius 2 is 1.38 bits per heavy atom. The third-order valence-electron chi connectivity index (χ3n) is 7.55. The van der Waals surface area contributed by atoms with Crippen molar-refractivity contribution in [1.82, 2.24) is 0 Å². The van der Waals surface area contributed by atoms with E-state index in [-0.39, 0.29) is 23.7 Å². The largest absolute Gasteiger partial charge is 0.455 e. The fourth-order valence-electron chi connectivity index (χ4n) is 5.39. The summed E-state index contributed by atoms with van der Waals surface area (Å²) >= 11 is 0. The van der Waals surface area contributed by atoms with E-state index in [1.807, 2.05) is 0 Å². The Bertz CT molecular complexity index is 565. The van der Waals surface area contributed by atoms with Gasteiger partial charge in [0.1, 0.15) is 5.60 Å². The molecule has 0 N–H and O–H groups in total. The second kappa shape index (κ2) is 10.0. The highest BCUT2D eigenvalue weighted by molar-refractivity contribution is 6.77. The first-order valence-electron chi connectivity index (χ1n) is 10.5. The van der Waals surface area contributed by atoms with Crippen molar-refractivity contribution >= 4 is 44.6 Å². The molecule has 0 aromatic heterocycles. The molecule has 1 fully saturated rings. The topological polar surface area (TPSA) is 63.2 Å². The molecule has 1 heterocycles. The quantitative estimate of drug-likeness (QED) is 0.303. The zero-order chi connectivity index (χ0) is 22.7. The van der Waals surface area contributed by atoms with Crippen molar-refractivity contribution < 1.29 is 26.0 Å². The third kappa shape index (κ3) is 4.59. The zero-order valence-corrected chi connectivity index (χ0v) is 25.3. The number of hydrogen-bond donors (Lipinski definition) is 0. The summed E-state index contributed by atoms with van der Waals surface area (Å²) in [5, 5.41) is -0.393. The SMILES string of the molecule is C=CC(=O)OC(C(C)C)(C(C)C)C(C)(C(C)C)C(C)(C)[Si]1(C)O[SiH2]O[SiH2]O[SiH2]O1. The molecule has 0 amide bonds. The molecule has 6 nitrogen and oxygen atoms in total. The van der Waals surface area contributed by atoms with Crippen LogP contribution in [0.1, 0.15) is 62.3 Å². The van der Waals surface area contributed by atoms with Gasteiger partial charge in [0.2, 0.25) is 0 Å². The molecule has 1 saturated heterocycles. The molecule has 0 bridgehead atoms. The summed E-state index contributed by atoms with van der Waals surface area (Å²) in [5.41, 5.74) is -1.18. The molecule has 0 radical (unpaired) electrons. The van der Waals surface area contributed by atoms with E-state index >= 15 is 0 Å². The lowest BCUT2D eigenvalue weighted by Gasteiger charge is -2.64. The monoisotopic (exact) mass is 478 g/mol. The number of esters is 1. The number of hydrogen-bond acceptors (Lipinski definition) is 6. The molecular weight excluding hydrogens is 437 g/mol. The first-order valence-corrected chi connectivity index (χ1v) is 16.3. The smallest absolute Gasteiger partial charge is 0.330 e. The van der Waals surface area contributed by atoms with Crippen LogP contribution < -0.4 is 0 Å². The minimum atomic E-state index is -2.73. The van der Waals surface area contributed by atoms with Crippen LogP contribution in [0.4, 0.5) is 0 Å². The highest BCUT2D eigenvalue weighted by atomic mass is 28.5. The lowest BCUT2D eigenvalue weighted by Crippen LogP contribution is -2.69. The van der Waals surface area contributed by atoms with Crippen LogP contribution in [0.2, 0.25) is 11.6 Å². The Morgan fingerprint density at radius 3 is 1.72 bits per heavy atom. The number of carbonyl (C=O) groups excluding carboxylic acids is 1. The second-order valence-corrected chi connectivity index (χ2v) is 19.1. The van der Waals surface area contributed by atoms with E-state index in [1.54, 1.807) is 0 Å². The van der Waals surface area contributed by atoms with Gasteiger partial charge in [0.05, 0.1) is 0 Å². The maximum Gasteiger partial charge on any atom is 0.330 e. The standard InChI is InChI=1S/C19H42O6Si4/c1-12-16(20)21-19(14(4)5,15(6)7)18(10,13(2)3)17(8,9)29(11)24-27-22-26-23-28-25-29/h12-15H,1,26-28H2,2-11H3. The van der Waals surface area contributed by atoms with Gasteiger partial charge in [-0.05, 0) is 24.3 Å². The number of carbonyl (C=O) groups is 1. The van der Waals surface area contributed by atoms with Crippen molar-refractivity contribution in [2.45, 2.75) is 79.5 Å². The van der Waals surface area contributed by atoms with Gasteiger partial charge in [0.25, 0.3) is 30.0 Å². The number of ether oxygens (including phenoxy) is 1. The van der Waals surface area contributed by atoms with Gasteiger partial charge in [-0.25, -0.2) is 4.79 Å². The lowest BCUT2D eigenvalue weighted by molar-refractivity contribution is -0.214. The summed E-state index contributed by atoms with van der Waals surface area (Å²) < 4.78 is 30.7. The van der Waals surface area contributed by atoms with Gasteiger partial charge in [-0.1, -0.05) is 68.9 Å². The average Bonchev–Trinajstić information content (AvgIpc) is 2.60. The molecule has 0 aliphatic carbocycles. The molecule has 1 rings (SSSR count). The average molecular weight is 479 g/mol. The molecule has 0 aromatic rings. The minimum Gasteiger partial charge on any atom is -0.455 e. The van der Waals surface area contributed by atoms with Gasteiger partial charge < -0.3 is 21.2 Å². The molecule has 0 saturated carbocycles. The fraction of sp³-hybridized carbons (Fsp3) is 0.842. The summed E-state index contributed by atoms with van der Waals surface area (Å²) in [6.45, 7) is 25.4. The van der Waals surface area contributed by atoms with E-state index in [0.29, 0.717) is 0 Å². The van der Waals surface area contributed by atoms with E-state index in [9.17, 15) is 4.79 Å². The molecule has 1 unspecified atom stereocenters. The van der Waals surface area contributed by atoms with Crippen LogP contribution in [-0.4, -0.2) is 50.2 Å². The molecular formula is C19H42O6Si4. The molecule has 29 heavy (non-hydrogen) atoms. The highest BCUT2D eigenvalue weighted by Gasteiger charge is 2.69. The van der Waals surface area contributed by atoms with Crippen LogP contribution >= 0.6 is 0 Å². The van der Waals surface area contributed by atoms with Gasteiger partial charge in [-0.3, -0.25) is 0 Å². The van der Waals surface area contributed by atoms with Gasteiger partial charge in [0.15, 0.2) is 0 Å². The molecule has 1 aliphatic rings. The molecule has 1 aliphatic heterocycles. The van der Waals surface area contributed by atoms with E-state index in [4.69, 9.17) is 21.2 Å². The third-order valence-corrected chi connectivity index (χ3v) is 18.4. The molecule has 170 valence electrons. The van der Waals surface area contributed by atoms with Crippen molar-refractivity contribution in [3.05, 3.63) is 12.7 Å². The van der Waals surface area contributed by atoms with Crippen molar-refractivity contribution in [3.8, 4) is 0 Å². The predicted octanol–water partition coefficient (Wildman–Crippen LogP) is 2.36. The molecule has 0 aromatic carbocycles. The van der Waals surface area contributed by atoms with Crippen LogP contribution in [0.5, 0.6) is 0 Å². The Balaban J connectivity index is 3.75. The Hall–Kier alpha value is -0.0825. The summed E-state index contributed by atoms with van der Waals surface area (Å²) in [4.78, 5) is 12.6. The Morgan fingerprint density at radius 1 is 0.931 bits per heavy atom. The first kappa shape index (κ1) is 27.0. The van der Waals surface area contributed by atoms with Gasteiger partial charge >= 0.3 is 14.5 Å². The normalized spacial score (nSPS) is 26.7. The molecule has 10 heteroatoms. The van der Waals surface area contributed by atoms with Crippen LogP contribution in [-0.2, 0) is 26.0 Å². The lowest BCUT2D eigenvalue weighted by atomic mass is 9.52. The van der Waals surface area contributed by atoms with Crippen molar-refractivity contribution in [2.24, 2.45) is 23.2 Å². The Labute approximate surface area is 185 Å².